The zero-order chi connectivity index (χ0) is 10.4. The second-order valence-electron chi connectivity index (χ2n) is 4.94. The fourth-order valence-electron chi connectivity index (χ4n) is 2.51. The lowest BCUT2D eigenvalue weighted by atomic mass is 9.91. The monoisotopic (exact) mass is 195 g/mol. The zero-order valence-electron chi connectivity index (χ0n) is 9.04. The van der Waals surface area contributed by atoms with Crippen molar-refractivity contribution in [2.24, 2.45) is 0 Å². The van der Waals surface area contributed by atoms with E-state index in [1.54, 1.807) is 0 Å². The van der Waals surface area contributed by atoms with E-state index in [9.17, 15) is 4.79 Å². The van der Waals surface area contributed by atoms with Gasteiger partial charge in [-0.15, -0.1) is 0 Å². The van der Waals surface area contributed by atoms with Gasteiger partial charge in [-0.1, -0.05) is 12.2 Å². The SMILES string of the molecule is CN(C)C[C@@]12C=C[C@@](C)(CC(=O)C1)O2. The van der Waals surface area contributed by atoms with Crippen LogP contribution in [-0.2, 0) is 9.53 Å². The van der Waals surface area contributed by atoms with Crippen molar-refractivity contribution in [2.45, 2.75) is 31.0 Å². The third-order valence-electron chi connectivity index (χ3n) is 2.80. The maximum absolute atomic E-state index is 11.6. The minimum Gasteiger partial charge on any atom is -0.358 e. The molecule has 0 aromatic carbocycles. The molecule has 0 aromatic rings. The summed E-state index contributed by atoms with van der Waals surface area (Å²) in [7, 11) is 4.00. The molecule has 78 valence electrons. The van der Waals surface area contributed by atoms with E-state index in [4.69, 9.17) is 4.74 Å². The minimum atomic E-state index is -0.354. The molecule has 0 saturated carbocycles. The standard InChI is InChI=1S/C11H17NO2/c1-10-4-5-11(14-10,8-12(2)3)7-9(13)6-10/h4-5H,6-8H2,1-3H3/t10-,11+/m0/s1. The first-order valence-electron chi connectivity index (χ1n) is 5.00. The zero-order valence-corrected chi connectivity index (χ0v) is 9.04. The lowest BCUT2D eigenvalue weighted by Gasteiger charge is -2.39. The predicted molar refractivity (Wildman–Crippen MR) is 54.2 cm³/mol. The van der Waals surface area contributed by atoms with Gasteiger partial charge in [0.15, 0.2) is 0 Å². The first-order chi connectivity index (χ1) is 6.43. The van der Waals surface area contributed by atoms with Gasteiger partial charge in [-0.05, 0) is 21.0 Å². The maximum atomic E-state index is 11.6. The number of rotatable bonds is 2. The van der Waals surface area contributed by atoms with E-state index in [0.717, 1.165) is 6.54 Å². The highest BCUT2D eigenvalue weighted by molar-refractivity contribution is 5.83. The molecule has 3 heteroatoms. The Morgan fingerprint density at radius 1 is 1.43 bits per heavy atom. The summed E-state index contributed by atoms with van der Waals surface area (Å²) in [4.78, 5) is 13.6. The van der Waals surface area contributed by atoms with Crippen LogP contribution in [0.2, 0.25) is 0 Å². The van der Waals surface area contributed by atoms with Gasteiger partial charge in [-0.3, -0.25) is 4.79 Å². The Bertz CT molecular complexity index is 298. The Labute approximate surface area is 84.7 Å². The van der Waals surface area contributed by atoms with Gasteiger partial charge >= 0.3 is 0 Å². The number of Topliss-reactive ketones (excluding diaryl/α,β-unsaturated/α-hetero) is 1. The van der Waals surface area contributed by atoms with Gasteiger partial charge in [0.1, 0.15) is 11.4 Å². The first-order valence-corrected chi connectivity index (χ1v) is 5.00. The molecule has 14 heavy (non-hydrogen) atoms. The summed E-state index contributed by atoms with van der Waals surface area (Å²) in [5.74, 6) is 0.311. The predicted octanol–water partition coefficient (Wildman–Crippen LogP) is 0.995. The Morgan fingerprint density at radius 3 is 2.79 bits per heavy atom. The van der Waals surface area contributed by atoms with Crippen LogP contribution in [0.1, 0.15) is 19.8 Å². The molecule has 2 rings (SSSR count). The minimum absolute atomic E-state index is 0.311. The normalized spacial score (nSPS) is 41.0. The molecule has 0 radical (unpaired) electrons. The lowest BCUT2D eigenvalue weighted by Crippen LogP contribution is -2.49. The van der Waals surface area contributed by atoms with Crippen LogP contribution in [0, 0.1) is 0 Å². The lowest BCUT2D eigenvalue weighted by molar-refractivity contribution is -0.153. The Morgan fingerprint density at radius 2 is 2.14 bits per heavy atom. The highest BCUT2D eigenvalue weighted by Crippen LogP contribution is 2.41. The summed E-state index contributed by atoms with van der Waals surface area (Å²) in [5, 5.41) is 0. The van der Waals surface area contributed by atoms with E-state index in [0.29, 0.717) is 18.6 Å². The van der Waals surface area contributed by atoms with Crippen LogP contribution >= 0.6 is 0 Å². The quantitative estimate of drug-likeness (QED) is 0.615. The summed E-state index contributed by atoms with van der Waals surface area (Å²) in [6, 6.07) is 0. The molecule has 3 nitrogen and oxygen atoms in total. The van der Waals surface area contributed by atoms with Crippen LogP contribution in [0.25, 0.3) is 0 Å². The molecule has 2 atom stereocenters. The number of ketones is 1. The van der Waals surface area contributed by atoms with Crippen LogP contribution in [-0.4, -0.2) is 42.5 Å². The molecule has 0 spiro atoms. The Balaban J connectivity index is 2.21. The van der Waals surface area contributed by atoms with Gasteiger partial charge in [0, 0.05) is 19.4 Å². The molecule has 0 aromatic heterocycles. The van der Waals surface area contributed by atoms with Gasteiger partial charge in [-0.25, -0.2) is 0 Å². The van der Waals surface area contributed by atoms with Gasteiger partial charge < -0.3 is 9.64 Å². The van der Waals surface area contributed by atoms with Crippen molar-refractivity contribution in [3.8, 4) is 0 Å². The summed E-state index contributed by atoms with van der Waals surface area (Å²) in [5.41, 5.74) is -0.696. The summed E-state index contributed by atoms with van der Waals surface area (Å²) >= 11 is 0. The molecule has 1 fully saturated rings. The molecule has 1 saturated heterocycles. The highest BCUT2D eigenvalue weighted by Gasteiger charge is 2.48. The molecule has 0 unspecified atom stereocenters. The Kier molecular flexibility index (Phi) is 2.05. The second-order valence-corrected chi connectivity index (χ2v) is 4.94. The topological polar surface area (TPSA) is 29.5 Å². The summed E-state index contributed by atoms with van der Waals surface area (Å²) in [6.45, 7) is 2.77. The second kappa shape index (κ2) is 2.91. The number of nitrogens with zero attached hydrogens (tertiary/aromatic N) is 1. The number of hydrogen-bond acceptors (Lipinski definition) is 3. The average Bonchev–Trinajstić information content (AvgIpc) is 2.19. The molecule has 2 heterocycles. The molecule has 2 bridgehead atoms. The van der Waals surface area contributed by atoms with Crippen LogP contribution in [0.3, 0.4) is 0 Å². The van der Waals surface area contributed by atoms with Crippen molar-refractivity contribution in [2.75, 3.05) is 20.6 Å². The first kappa shape index (κ1) is 9.87. The van der Waals surface area contributed by atoms with Crippen molar-refractivity contribution in [1.82, 2.24) is 4.90 Å². The van der Waals surface area contributed by atoms with Crippen LogP contribution < -0.4 is 0 Å². The van der Waals surface area contributed by atoms with E-state index in [2.05, 4.69) is 11.0 Å². The van der Waals surface area contributed by atoms with Crippen LogP contribution in [0.5, 0.6) is 0 Å². The van der Waals surface area contributed by atoms with Crippen molar-refractivity contribution < 1.29 is 9.53 Å². The number of carbonyl (C=O) groups excluding carboxylic acids is 1. The van der Waals surface area contributed by atoms with Gasteiger partial charge in [0.25, 0.3) is 0 Å². The molecule has 2 aliphatic heterocycles. The van der Waals surface area contributed by atoms with E-state index in [-0.39, 0.29) is 11.2 Å². The smallest absolute Gasteiger partial charge is 0.139 e. The fourth-order valence-corrected chi connectivity index (χ4v) is 2.51. The van der Waals surface area contributed by atoms with Gasteiger partial charge in [0.2, 0.25) is 0 Å². The number of likely N-dealkylation sites (N-methyl/N-ethyl adjacent to an activating group) is 1. The molecular weight excluding hydrogens is 178 g/mol. The van der Waals surface area contributed by atoms with Crippen molar-refractivity contribution in [1.29, 1.82) is 0 Å². The number of ether oxygens (including phenoxy) is 1. The largest absolute Gasteiger partial charge is 0.358 e. The average molecular weight is 195 g/mol. The maximum Gasteiger partial charge on any atom is 0.139 e. The molecule has 2 aliphatic rings. The van der Waals surface area contributed by atoms with Crippen molar-refractivity contribution in [3.63, 3.8) is 0 Å². The van der Waals surface area contributed by atoms with Crippen molar-refractivity contribution >= 4 is 5.78 Å². The number of carbonyl (C=O) groups is 1. The fraction of sp³-hybridized carbons (Fsp3) is 0.727. The highest BCUT2D eigenvalue weighted by atomic mass is 16.5. The molecule has 0 aliphatic carbocycles. The van der Waals surface area contributed by atoms with Crippen LogP contribution in [0.15, 0.2) is 12.2 Å². The summed E-state index contributed by atoms with van der Waals surface area (Å²) < 4.78 is 5.98. The number of fused-ring (bicyclic) bond motifs is 2. The van der Waals surface area contributed by atoms with Gasteiger partial charge in [-0.2, -0.15) is 0 Å². The molecule has 0 N–H and O–H groups in total. The Hall–Kier alpha value is -0.670. The van der Waals surface area contributed by atoms with Crippen molar-refractivity contribution in [3.05, 3.63) is 12.2 Å². The van der Waals surface area contributed by atoms with E-state index in [1.165, 1.54) is 0 Å². The van der Waals surface area contributed by atoms with Gasteiger partial charge in [0.05, 0.1) is 5.60 Å². The number of hydrogen-bond donors (Lipinski definition) is 0. The third-order valence-corrected chi connectivity index (χ3v) is 2.80. The third kappa shape index (κ3) is 1.62. The molecular formula is C11H17NO2. The van der Waals surface area contributed by atoms with E-state index in [1.807, 2.05) is 27.1 Å². The van der Waals surface area contributed by atoms with Crippen LogP contribution in [0.4, 0.5) is 0 Å². The summed E-state index contributed by atoms with van der Waals surface area (Å²) in [6.07, 6.45) is 5.16. The van der Waals surface area contributed by atoms with E-state index >= 15 is 0 Å². The molecule has 0 amide bonds. The van der Waals surface area contributed by atoms with E-state index < -0.39 is 0 Å².